The van der Waals surface area contributed by atoms with Gasteiger partial charge in [0.2, 0.25) is 0 Å². The van der Waals surface area contributed by atoms with E-state index in [0.717, 1.165) is 55.6 Å². The van der Waals surface area contributed by atoms with Crippen molar-refractivity contribution in [2.45, 2.75) is 69.1 Å². The molecule has 3 aromatic rings. The molecule has 0 aromatic heterocycles. The van der Waals surface area contributed by atoms with Crippen LogP contribution in [-0.4, -0.2) is 65.8 Å². The molecule has 0 bridgehead atoms. The number of benzene rings is 3. The third-order valence-electron chi connectivity index (χ3n) is 9.02. The molecule has 46 heavy (non-hydrogen) atoms. The number of rotatable bonds is 9. The van der Waals surface area contributed by atoms with Crippen LogP contribution in [0.3, 0.4) is 0 Å². The van der Waals surface area contributed by atoms with Gasteiger partial charge in [-0.25, -0.2) is 8.42 Å². The van der Waals surface area contributed by atoms with Crippen LogP contribution >= 0.6 is 0 Å². The Kier molecular flexibility index (Phi) is 11.2. The summed E-state index contributed by atoms with van der Waals surface area (Å²) in [6, 6.07) is 18.2. The van der Waals surface area contributed by atoms with Crippen LogP contribution in [0.15, 0.2) is 70.6 Å². The van der Waals surface area contributed by atoms with Crippen molar-refractivity contribution in [3.05, 3.63) is 71.8 Å². The first-order valence-electron chi connectivity index (χ1n) is 16.4. The van der Waals surface area contributed by atoms with Crippen molar-refractivity contribution in [3.63, 3.8) is 0 Å². The molecule has 3 aromatic carbocycles. The van der Waals surface area contributed by atoms with E-state index in [0.29, 0.717) is 30.9 Å². The minimum absolute atomic E-state index is 0.124. The number of hydrogen-bond donors (Lipinski definition) is 1. The monoisotopic (exact) mass is 646 g/mol. The van der Waals surface area contributed by atoms with Crippen LogP contribution in [-0.2, 0) is 10.0 Å². The van der Waals surface area contributed by atoms with E-state index in [4.69, 9.17) is 9.47 Å². The van der Waals surface area contributed by atoms with Crippen LogP contribution in [0.2, 0.25) is 0 Å². The Bertz CT molecular complexity index is 1630. The maximum absolute atomic E-state index is 13.9. The molecule has 1 N–H and O–H groups in total. The van der Waals surface area contributed by atoms with Crippen molar-refractivity contribution in [1.82, 2.24) is 4.90 Å². The number of nitrogens with zero attached hydrogens (tertiary/aromatic N) is 3. The van der Waals surface area contributed by atoms with Gasteiger partial charge in [0.15, 0.2) is 0 Å². The fourth-order valence-electron chi connectivity index (χ4n) is 6.66. The molecular weight excluding hydrogens is 600 g/mol. The second-order valence-corrected chi connectivity index (χ2v) is 13.6. The Hall–Kier alpha value is -4.05. The molecule has 1 saturated heterocycles. The lowest BCUT2D eigenvalue weighted by Gasteiger charge is -2.25. The number of hydrogen-bond acceptors (Lipinski definition) is 7. The quantitative estimate of drug-likeness (QED) is 0.243. The lowest BCUT2D eigenvalue weighted by molar-refractivity contribution is 0.0766. The van der Waals surface area contributed by atoms with Gasteiger partial charge in [-0.2, -0.15) is 0 Å². The summed E-state index contributed by atoms with van der Waals surface area (Å²) in [7, 11) is -0.890. The Morgan fingerprint density at radius 2 is 1.59 bits per heavy atom. The molecular formula is C36H46N4O5S. The molecule has 2 aliphatic rings. The molecule has 1 heterocycles. The van der Waals surface area contributed by atoms with E-state index in [1.807, 2.05) is 41.3 Å². The van der Waals surface area contributed by atoms with E-state index in [9.17, 15) is 13.2 Å². The van der Waals surface area contributed by atoms with Gasteiger partial charge >= 0.3 is 0 Å². The second kappa shape index (κ2) is 15.5. The molecule has 1 saturated carbocycles. The zero-order valence-corrected chi connectivity index (χ0v) is 28.0. The van der Waals surface area contributed by atoms with Crippen molar-refractivity contribution in [1.29, 1.82) is 0 Å². The molecule has 246 valence electrons. The highest BCUT2D eigenvalue weighted by molar-refractivity contribution is 7.92. The Labute approximate surface area is 273 Å². The number of anilines is 2. The van der Waals surface area contributed by atoms with Crippen LogP contribution in [0.4, 0.5) is 17.1 Å². The fourth-order valence-corrected chi connectivity index (χ4v) is 7.91. The molecule has 1 amide bonds. The summed E-state index contributed by atoms with van der Waals surface area (Å²) in [5, 5.41) is 0. The normalized spacial score (nSPS) is 16.8. The Morgan fingerprint density at radius 3 is 2.33 bits per heavy atom. The zero-order valence-electron chi connectivity index (χ0n) is 27.2. The van der Waals surface area contributed by atoms with Gasteiger partial charge in [-0.1, -0.05) is 56.4 Å². The van der Waals surface area contributed by atoms with Gasteiger partial charge in [0.25, 0.3) is 15.9 Å². The van der Waals surface area contributed by atoms with Crippen LogP contribution in [0.1, 0.15) is 80.1 Å². The highest BCUT2D eigenvalue weighted by atomic mass is 32.2. The number of para-hydroxylation sites is 3. The average molecular weight is 647 g/mol. The minimum atomic E-state index is -4.03. The lowest BCUT2D eigenvalue weighted by atomic mass is 9.85. The maximum Gasteiger partial charge on any atom is 0.264 e. The fraction of sp³-hybridized carbons (Fsp3) is 0.444. The molecule has 10 heteroatoms. The van der Waals surface area contributed by atoms with Gasteiger partial charge in [0, 0.05) is 38.0 Å². The van der Waals surface area contributed by atoms with Gasteiger partial charge in [0.1, 0.15) is 16.4 Å². The minimum Gasteiger partial charge on any atom is -0.495 e. The maximum atomic E-state index is 13.9. The van der Waals surface area contributed by atoms with Gasteiger partial charge < -0.3 is 19.3 Å². The third kappa shape index (κ3) is 7.66. The Balaban J connectivity index is 1.35. The number of methoxy groups -OCH3 is 2. The van der Waals surface area contributed by atoms with Crippen LogP contribution in [0, 0.1) is 0 Å². The summed E-state index contributed by atoms with van der Waals surface area (Å²) in [6.07, 6.45) is 10.5. The molecule has 0 atom stereocenters. The second-order valence-electron chi connectivity index (χ2n) is 11.9. The van der Waals surface area contributed by atoms with E-state index in [1.54, 1.807) is 44.5 Å². The first-order chi connectivity index (χ1) is 22.4. The number of nitrogens with one attached hydrogen (secondary N) is 1. The van der Waals surface area contributed by atoms with Crippen molar-refractivity contribution < 1.29 is 22.7 Å². The number of sulfonamides is 1. The SMILES string of the molecule is CC=Nc1c(C2CCCCCCC2)cccc1S(=O)(=O)Nc1ccc(C(=O)N2CCCN(c3ccccc3OC)CC2)cc1OC. The Morgan fingerprint density at radius 1 is 0.848 bits per heavy atom. The lowest BCUT2D eigenvalue weighted by Crippen LogP contribution is -2.35. The highest BCUT2D eigenvalue weighted by Gasteiger charge is 2.27. The molecule has 9 nitrogen and oxygen atoms in total. The van der Waals surface area contributed by atoms with E-state index >= 15 is 0 Å². The molecule has 5 rings (SSSR count). The summed E-state index contributed by atoms with van der Waals surface area (Å²) >= 11 is 0. The predicted molar refractivity (Wildman–Crippen MR) is 185 cm³/mol. The topological polar surface area (TPSA) is 101 Å². The van der Waals surface area contributed by atoms with E-state index in [1.165, 1.54) is 26.4 Å². The van der Waals surface area contributed by atoms with Crippen LogP contribution in [0.5, 0.6) is 11.5 Å². The molecule has 0 radical (unpaired) electrons. The summed E-state index contributed by atoms with van der Waals surface area (Å²) in [5.74, 6) is 1.23. The van der Waals surface area contributed by atoms with Crippen LogP contribution in [0.25, 0.3) is 0 Å². The van der Waals surface area contributed by atoms with Gasteiger partial charge in [-0.15, -0.1) is 0 Å². The number of ether oxygens (including phenoxy) is 2. The van der Waals surface area contributed by atoms with Gasteiger partial charge in [-0.3, -0.25) is 14.5 Å². The van der Waals surface area contributed by atoms with Crippen LogP contribution < -0.4 is 19.1 Å². The molecule has 1 aliphatic heterocycles. The first-order valence-corrected chi connectivity index (χ1v) is 17.8. The molecule has 0 unspecified atom stereocenters. The predicted octanol–water partition coefficient (Wildman–Crippen LogP) is 7.41. The smallest absolute Gasteiger partial charge is 0.264 e. The summed E-state index contributed by atoms with van der Waals surface area (Å²) in [6.45, 7) is 4.44. The zero-order chi connectivity index (χ0) is 32.5. The molecule has 1 aliphatic carbocycles. The summed E-state index contributed by atoms with van der Waals surface area (Å²) in [5.41, 5.74) is 3.20. The standard InChI is InChI=1S/C36H46N4O5S/c1-4-37-35-29(27-14-8-6-5-7-9-15-27)16-12-19-34(35)46(42,43)38-30-21-20-28(26-33(30)45-3)36(41)40-23-13-22-39(24-25-40)31-17-10-11-18-32(31)44-2/h4,10-12,16-21,26-27,38H,5-9,13-15,22-25H2,1-3H3. The van der Waals surface area contributed by atoms with Crippen molar-refractivity contribution in [3.8, 4) is 11.5 Å². The van der Waals surface area contributed by atoms with Crippen molar-refractivity contribution in [2.75, 3.05) is 50.0 Å². The highest BCUT2D eigenvalue weighted by Crippen LogP contribution is 2.40. The van der Waals surface area contributed by atoms with E-state index in [-0.39, 0.29) is 28.2 Å². The first kappa shape index (κ1) is 33.3. The number of carbonyl (C=O) groups excluding carboxylic acids is 1. The third-order valence-corrected chi connectivity index (χ3v) is 10.4. The molecule has 2 fully saturated rings. The number of aliphatic imine (C=N–C) groups is 1. The van der Waals surface area contributed by atoms with Gasteiger partial charge in [-0.05, 0) is 74.1 Å². The van der Waals surface area contributed by atoms with Gasteiger partial charge in [0.05, 0.1) is 31.3 Å². The summed E-state index contributed by atoms with van der Waals surface area (Å²) < 4.78 is 41.7. The van der Waals surface area contributed by atoms with E-state index < -0.39 is 10.0 Å². The van der Waals surface area contributed by atoms with Crippen molar-refractivity contribution in [2.24, 2.45) is 4.99 Å². The van der Waals surface area contributed by atoms with E-state index in [2.05, 4.69) is 14.6 Å². The number of amides is 1. The summed E-state index contributed by atoms with van der Waals surface area (Å²) in [4.78, 5) is 22.4. The average Bonchev–Trinajstić information content (AvgIpc) is 3.31. The molecule has 0 spiro atoms. The van der Waals surface area contributed by atoms with Crippen molar-refractivity contribution >= 4 is 39.2 Å². The number of carbonyl (C=O) groups is 1. The largest absolute Gasteiger partial charge is 0.495 e.